The molecule has 0 spiro atoms. The summed E-state index contributed by atoms with van der Waals surface area (Å²) < 4.78 is 12.7. The fourth-order valence-corrected chi connectivity index (χ4v) is 2.60. The topological polar surface area (TPSA) is 0 Å². The van der Waals surface area contributed by atoms with Crippen molar-refractivity contribution < 1.29 is 4.39 Å². The van der Waals surface area contributed by atoms with E-state index in [1.807, 2.05) is 12.1 Å². The van der Waals surface area contributed by atoms with Gasteiger partial charge in [-0.3, -0.25) is 0 Å². The molecule has 0 radical (unpaired) electrons. The molecule has 76 valence electrons. The molecule has 0 saturated heterocycles. The zero-order valence-corrected chi connectivity index (χ0v) is 9.63. The first-order valence-electron chi connectivity index (χ1n) is 5.10. The van der Waals surface area contributed by atoms with E-state index >= 15 is 0 Å². The van der Waals surface area contributed by atoms with Gasteiger partial charge in [0.15, 0.2) is 0 Å². The summed E-state index contributed by atoms with van der Waals surface area (Å²) in [5.41, 5.74) is 1.25. The Morgan fingerprint density at radius 1 is 1.29 bits per heavy atom. The molecule has 0 aliphatic heterocycles. The van der Waals surface area contributed by atoms with Gasteiger partial charge >= 0.3 is 0 Å². The second-order valence-corrected chi connectivity index (χ2v) is 4.73. The summed E-state index contributed by atoms with van der Waals surface area (Å²) in [7, 11) is 0. The Bertz CT molecular complexity index is 290. The van der Waals surface area contributed by atoms with E-state index < -0.39 is 0 Å². The highest BCUT2D eigenvalue weighted by Gasteiger charge is 2.30. The van der Waals surface area contributed by atoms with Crippen LogP contribution in [-0.4, -0.2) is 5.33 Å². The third kappa shape index (κ3) is 2.57. The SMILES string of the molecule is Fc1ccc(CC(CBr)C2CC2)cc1. The number of hydrogen-bond acceptors (Lipinski definition) is 0. The summed E-state index contributed by atoms with van der Waals surface area (Å²) >= 11 is 3.55. The van der Waals surface area contributed by atoms with Crippen LogP contribution in [-0.2, 0) is 6.42 Å². The van der Waals surface area contributed by atoms with Crippen LogP contribution in [0.25, 0.3) is 0 Å². The Kier molecular flexibility index (Phi) is 3.22. The van der Waals surface area contributed by atoms with Crippen LogP contribution in [0.1, 0.15) is 18.4 Å². The fraction of sp³-hybridized carbons (Fsp3) is 0.500. The molecule has 1 unspecified atom stereocenters. The molecule has 14 heavy (non-hydrogen) atoms. The van der Waals surface area contributed by atoms with E-state index in [9.17, 15) is 4.39 Å². The molecule has 1 saturated carbocycles. The van der Waals surface area contributed by atoms with Crippen LogP contribution in [0.3, 0.4) is 0 Å². The number of alkyl halides is 1. The van der Waals surface area contributed by atoms with E-state index in [1.165, 1.54) is 18.4 Å². The smallest absolute Gasteiger partial charge is 0.123 e. The van der Waals surface area contributed by atoms with Gasteiger partial charge in [0.1, 0.15) is 5.82 Å². The molecule has 0 nitrogen and oxygen atoms in total. The van der Waals surface area contributed by atoms with Gasteiger partial charge in [-0.05, 0) is 48.8 Å². The number of hydrogen-bond donors (Lipinski definition) is 0. The summed E-state index contributed by atoms with van der Waals surface area (Å²) in [6.07, 6.45) is 3.82. The van der Waals surface area contributed by atoms with Gasteiger partial charge in [0.05, 0.1) is 0 Å². The molecular weight excluding hydrogens is 243 g/mol. The third-order valence-corrected chi connectivity index (χ3v) is 3.73. The molecule has 0 heterocycles. The van der Waals surface area contributed by atoms with Crippen molar-refractivity contribution in [3.63, 3.8) is 0 Å². The lowest BCUT2D eigenvalue weighted by Crippen LogP contribution is -2.08. The van der Waals surface area contributed by atoms with Gasteiger partial charge in [0.2, 0.25) is 0 Å². The molecule has 0 N–H and O–H groups in total. The Hall–Kier alpha value is -0.370. The van der Waals surface area contributed by atoms with Gasteiger partial charge in [-0.15, -0.1) is 0 Å². The van der Waals surface area contributed by atoms with Crippen LogP contribution in [0.4, 0.5) is 4.39 Å². The first-order valence-corrected chi connectivity index (χ1v) is 6.22. The van der Waals surface area contributed by atoms with Crippen molar-refractivity contribution in [1.29, 1.82) is 0 Å². The van der Waals surface area contributed by atoms with E-state index in [4.69, 9.17) is 0 Å². The highest BCUT2D eigenvalue weighted by molar-refractivity contribution is 9.09. The fourth-order valence-electron chi connectivity index (χ4n) is 1.84. The van der Waals surface area contributed by atoms with Crippen molar-refractivity contribution in [2.24, 2.45) is 11.8 Å². The lowest BCUT2D eigenvalue weighted by molar-refractivity contribution is 0.518. The van der Waals surface area contributed by atoms with Gasteiger partial charge in [-0.1, -0.05) is 28.1 Å². The highest BCUT2D eigenvalue weighted by Crippen LogP contribution is 2.39. The van der Waals surface area contributed by atoms with Crippen LogP contribution in [0.2, 0.25) is 0 Å². The lowest BCUT2D eigenvalue weighted by atomic mass is 9.97. The first kappa shape index (κ1) is 10.2. The van der Waals surface area contributed by atoms with E-state index in [2.05, 4.69) is 15.9 Å². The highest BCUT2D eigenvalue weighted by atomic mass is 79.9. The van der Waals surface area contributed by atoms with E-state index in [-0.39, 0.29) is 5.82 Å². The predicted octanol–water partition coefficient (Wildman–Crippen LogP) is 3.79. The number of halogens is 2. The molecular formula is C12H14BrF. The molecule has 1 atom stereocenters. The number of rotatable bonds is 4. The molecule has 2 heteroatoms. The average molecular weight is 257 g/mol. The molecule has 1 fully saturated rings. The van der Waals surface area contributed by atoms with Crippen molar-refractivity contribution >= 4 is 15.9 Å². The summed E-state index contributed by atoms with van der Waals surface area (Å²) in [6, 6.07) is 6.89. The summed E-state index contributed by atoms with van der Waals surface area (Å²) in [5.74, 6) is 1.50. The standard InChI is InChI=1S/C12H14BrF/c13-8-11(10-3-4-10)7-9-1-5-12(14)6-2-9/h1-2,5-6,10-11H,3-4,7-8H2. The predicted molar refractivity (Wildman–Crippen MR) is 60.1 cm³/mol. The largest absolute Gasteiger partial charge is 0.207 e. The van der Waals surface area contributed by atoms with Crippen molar-refractivity contribution in [3.05, 3.63) is 35.6 Å². The maximum absolute atomic E-state index is 12.7. The van der Waals surface area contributed by atoms with Gasteiger partial charge in [0.25, 0.3) is 0 Å². The van der Waals surface area contributed by atoms with Gasteiger partial charge in [0, 0.05) is 5.33 Å². The van der Waals surface area contributed by atoms with Crippen LogP contribution in [0.5, 0.6) is 0 Å². The van der Waals surface area contributed by atoms with E-state index in [1.54, 1.807) is 12.1 Å². The van der Waals surface area contributed by atoms with Crippen molar-refractivity contribution in [3.8, 4) is 0 Å². The Morgan fingerprint density at radius 2 is 1.93 bits per heavy atom. The monoisotopic (exact) mass is 256 g/mol. The molecule has 1 aromatic rings. The minimum atomic E-state index is -0.143. The van der Waals surface area contributed by atoms with Gasteiger partial charge in [-0.2, -0.15) is 0 Å². The zero-order valence-electron chi connectivity index (χ0n) is 8.05. The first-order chi connectivity index (χ1) is 6.79. The molecule has 1 aliphatic carbocycles. The Balaban J connectivity index is 1.98. The summed E-state index contributed by atoms with van der Waals surface area (Å²) in [6.45, 7) is 0. The Labute approximate surface area is 92.6 Å². The van der Waals surface area contributed by atoms with E-state index in [0.717, 1.165) is 23.6 Å². The normalized spacial score (nSPS) is 18.1. The molecule has 1 aliphatic rings. The molecule has 0 amide bonds. The van der Waals surface area contributed by atoms with Gasteiger partial charge in [-0.25, -0.2) is 4.39 Å². The van der Waals surface area contributed by atoms with Crippen LogP contribution in [0.15, 0.2) is 24.3 Å². The minimum absolute atomic E-state index is 0.143. The van der Waals surface area contributed by atoms with Crippen LogP contribution < -0.4 is 0 Å². The minimum Gasteiger partial charge on any atom is -0.207 e. The van der Waals surface area contributed by atoms with Crippen molar-refractivity contribution in [2.45, 2.75) is 19.3 Å². The van der Waals surface area contributed by atoms with Gasteiger partial charge < -0.3 is 0 Å². The third-order valence-electron chi connectivity index (χ3n) is 2.90. The van der Waals surface area contributed by atoms with E-state index in [0.29, 0.717) is 0 Å². The van der Waals surface area contributed by atoms with Crippen LogP contribution >= 0.6 is 15.9 Å². The zero-order chi connectivity index (χ0) is 9.97. The summed E-state index contributed by atoms with van der Waals surface area (Å²) in [4.78, 5) is 0. The van der Waals surface area contributed by atoms with Crippen molar-refractivity contribution in [1.82, 2.24) is 0 Å². The second kappa shape index (κ2) is 4.43. The maximum Gasteiger partial charge on any atom is 0.123 e. The Morgan fingerprint density at radius 3 is 2.43 bits per heavy atom. The molecule has 0 aromatic heterocycles. The maximum atomic E-state index is 12.7. The average Bonchev–Trinajstić information content (AvgIpc) is 3.01. The second-order valence-electron chi connectivity index (χ2n) is 4.08. The molecule has 2 rings (SSSR count). The molecule has 1 aromatic carbocycles. The van der Waals surface area contributed by atoms with Crippen LogP contribution in [0, 0.1) is 17.7 Å². The van der Waals surface area contributed by atoms with Crippen molar-refractivity contribution in [2.75, 3.05) is 5.33 Å². The lowest BCUT2D eigenvalue weighted by Gasteiger charge is -2.12. The molecule has 0 bridgehead atoms. The quantitative estimate of drug-likeness (QED) is 0.720. The summed E-state index contributed by atoms with van der Waals surface area (Å²) in [5, 5.41) is 1.06. The number of benzene rings is 1.